The Morgan fingerprint density at radius 3 is 2.55 bits per heavy atom. The molecule has 1 aromatic rings. The minimum Gasteiger partial charge on any atom is -0.310 e. The molecular weight excluding hydrogens is 251 g/mol. The molecule has 1 saturated carbocycles. The van der Waals surface area contributed by atoms with E-state index in [-0.39, 0.29) is 11.9 Å². The van der Waals surface area contributed by atoms with Crippen molar-refractivity contribution in [3.05, 3.63) is 29.8 Å². The number of nitrogens with one attached hydrogen (secondary N) is 1. The maximum atomic E-state index is 13.5. The average Bonchev–Trinajstić information content (AvgIpc) is 2.41. The summed E-state index contributed by atoms with van der Waals surface area (Å²) in [7, 11) is 0. The highest BCUT2D eigenvalue weighted by Crippen LogP contribution is 2.32. The van der Waals surface area contributed by atoms with Crippen molar-refractivity contribution >= 4 is 0 Å². The van der Waals surface area contributed by atoms with E-state index in [2.05, 4.69) is 17.2 Å². The zero-order valence-corrected chi connectivity index (χ0v) is 12.6. The highest BCUT2D eigenvalue weighted by atomic mass is 19.1. The highest BCUT2D eigenvalue weighted by molar-refractivity contribution is 5.16. The molecule has 0 saturated heterocycles. The van der Waals surface area contributed by atoms with E-state index < -0.39 is 0 Å². The van der Waals surface area contributed by atoms with Crippen LogP contribution in [-0.4, -0.2) is 11.5 Å². The van der Waals surface area contributed by atoms with E-state index in [0.29, 0.717) is 5.92 Å². The number of rotatable bonds is 5. The van der Waals surface area contributed by atoms with Crippen LogP contribution < -0.4 is 5.32 Å². The van der Waals surface area contributed by atoms with Gasteiger partial charge in [-0.2, -0.15) is 0 Å². The molecule has 0 aromatic carbocycles. The minimum absolute atomic E-state index is 0.225. The van der Waals surface area contributed by atoms with Crippen molar-refractivity contribution in [1.29, 1.82) is 0 Å². The predicted molar refractivity (Wildman–Crippen MR) is 81.0 cm³/mol. The van der Waals surface area contributed by atoms with Gasteiger partial charge in [-0.1, -0.05) is 39.0 Å². The van der Waals surface area contributed by atoms with E-state index in [1.807, 2.05) is 6.20 Å². The Morgan fingerprint density at radius 2 is 1.90 bits per heavy atom. The lowest BCUT2D eigenvalue weighted by molar-refractivity contribution is 0.288. The van der Waals surface area contributed by atoms with E-state index >= 15 is 0 Å². The summed E-state index contributed by atoms with van der Waals surface area (Å²) in [6, 6.07) is 1.91. The summed E-state index contributed by atoms with van der Waals surface area (Å²) in [5, 5.41) is 3.62. The molecule has 1 unspecified atom stereocenters. The van der Waals surface area contributed by atoms with Gasteiger partial charge < -0.3 is 5.32 Å². The Labute approximate surface area is 122 Å². The number of hydrogen-bond acceptors (Lipinski definition) is 2. The Hall–Kier alpha value is -0.960. The second-order valence-electron chi connectivity index (χ2n) is 5.97. The summed E-state index contributed by atoms with van der Waals surface area (Å²) < 4.78 is 13.5. The molecule has 1 aliphatic rings. The molecule has 1 atom stereocenters. The first-order valence-electron chi connectivity index (χ1n) is 8.15. The molecule has 1 fully saturated rings. The fraction of sp³-hybridized carbons (Fsp3) is 0.706. The average molecular weight is 278 g/mol. The molecule has 2 rings (SSSR count). The minimum atomic E-state index is -0.225. The van der Waals surface area contributed by atoms with Gasteiger partial charge in [0.2, 0.25) is 0 Å². The van der Waals surface area contributed by atoms with E-state index in [9.17, 15) is 4.39 Å². The van der Waals surface area contributed by atoms with Crippen LogP contribution in [0.4, 0.5) is 4.39 Å². The Morgan fingerprint density at radius 1 is 1.20 bits per heavy atom. The Bertz CT molecular complexity index is 386. The van der Waals surface area contributed by atoms with Crippen LogP contribution in [0.2, 0.25) is 0 Å². The number of aromatic nitrogens is 1. The first kappa shape index (κ1) is 15.4. The number of nitrogens with zero attached hydrogens (tertiary/aromatic N) is 1. The summed E-state index contributed by atoms with van der Waals surface area (Å²) in [4.78, 5) is 4.03. The standard InChI is InChI=1S/C17H27FN2/c1-2-10-20-17(15-11-16(18)13-19-12-15)14-8-6-4-3-5-7-9-14/h11-14,17,20H,2-10H2,1H3. The SMILES string of the molecule is CCCNC(c1cncc(F)c1)C1CCCCCCC1. The van der Waals surface area contributed by atoms with Crippen molar-refractivity contribution in [1.82, 2.24) is 10.3 Å². The third kappa shape index (κ3) is 4.55. The van der Waals surface area contributed by atoms with E-state index in [0.717, 1.165) is 18.5 Å². The topological polar surface area (TPSA) is 24.9 Å². The van der Waals surface area contributed by atoms with Gasteiger partial charge in [0.1, 0.15) is 5.82 Å². The predicted octanol–water partition coefficient (Wildman–Crippen LogP) is 4.62. The van der Waals surface area contributed by atoms with Gasteiger partial charge in [0.15, 0.2) is 0 Å². The monoisotopic (exact) mass is 278 g/mol. The van der Waals surface area contributed by atoms with Crippen molar-refractivity contribution in [3.8, 4) is 0 Å². The lowest BCUT2D eigenvalue weighted by Gasteiger charge is -2.30. The number of halogens is 1. The van der Waals surface area contributed by atoms with Crippen molar-refractivity contribution in [2.45, 2.75) is 64.3 Å². The third-order valence-electron chi connectivity index (χ3n) is 4.32. The van der Waals surface area contributed by atoms with Gasteiger partial charge in [-0.05, 0) is 43.4 Å². The Balaban J connectivity index is 2.12. The molecule has 1 N–H and O–H groups in total. The fourth-order valence-electron chi connectivity index (χ4n) is 3.28. The lowest BCUT2D eigenvalue weighted by atomic mass is 9.83. The molecule has 0 bridgehead atoms. The van der Waals surface area contributed by atoms with Crippen LogP contribution in [0, 0.1) is 11.7 Å². The van der Waals surface area contributed by atoms with E-state index in [1.54, 1.807) is 6.07 Å². The van der Waals surface area contributed by atoms with Crippen LogP contribution >= 0.6 is 0 Å². The van der Waals surface area contributed by atoms with Crippen molar-refractivity contribution < 1.29 is 4.39 Å². The molecule has 0 aliphatic heterocycles. The van der Waals surface area contributed by atoms with Crippen molar-refractivity contribution in [3.63, 3.8) is 0 Å². The molecular formula is C17H27FN2. The molecule has 0 spiro atoms. The summed E-state index contributed by atoms with van der Waals surface area (Å²) in [5.41, 5.74) is 1.02. The van der Waals surface area contributed by atoms with Crippen LogP contribution in [0.5, 0.6) is 0 Å². The molecule has 0 radical (unpaired) electrons. The van der Waals surface area contributed by atoms with Crippen molar-refractivity contribution in [2.24, 2.45) is 5.92 Å². The molecule has 1 heterocycles. The smallest absolute Gasteiger partial charge is 0.141 e. The van der Waals surface area contributed by atoms with Crippen LogP contribution in [0.25, 0.3) is 0 Å². The third-order valence-corrected chi connectivity index (χ3v) is 4.32. The first-order chi connectivity index (χ1) is 9.81. The highest BCUT2D eigenvalue weighted by Gasteiger charge is 2.23. The lowest BCUT2D eigenvalue weighted by Crippen LogP contribution is -2.29. The maximum Gasteiger partial charge on any atom is 0.141 e. The molecule has 3 heteroatoms. The zero-order valence-electron chi connectivity index (χ0n) is 12.6. The summed E-state index contributed by atoms with van der Waals surface area (Å²) >= 11 is 0. The van der Waals surface area contributed by atoms with Gasteiger partial charge in [-0.25, -0.2) is 4.39 Å². The Kier molecular flexibility index (Phi) is 6.44. The largest absolute Gasteiger partial charge is 0.310 e. The van der Waals surface area contributed by atoms with Crippen LogP contribution in [-0.2, 0) is 0 Å². The van der Waals surface area contributed by atoms with E-state index in [1.165, 1.54) is 51.1 Å². The second-order valence-corrected chi connectivity index (χ2v) is 5.97. The number of pyridine rings is 1. The van der Waals surface area contributed by atoms with Gasteiger partial charge in [0.25, 0.3) is 0 Å². The molecule has 0 amide bonds. The molecule has 1 aliphatic carbocycles. The summed E-state index contributed by atoms with van der Waals surface area (Å²) in [5.74, 6) is 0.391. The molecule has 112 valence electrons. The molecule has 20 heavy (non-hydrogen) atoms. The maximum absolute atomic E-state index is 13.5. The van der Waals surface area contributed by atoms with Gasteiger partial charge in [-0.3, -0.25) is 4.98 Å². The zero-order chi connectivity index (χ0) is 14.2. The first-order valence-corrected chi connectivity index (χ1v) is 8.15. The fourth-order valence-corrected chi connectivity index (χ4v) is 3.28. The van der Waals surface area contributed by atoms with E-state index in [4.69, 9.17) is 0 Å². The number of hydrogen-bond donors (Lipinski definition) is 1. The normalized spacial score (nSPS) is 19.3. The molecule has 2 nitrogen and oxygen atoms in total. The summed E-state index contributed by atoms with van der Waals surface area (Å²) in [6.45, 7) is 3.16. The van der Waals surface area contributed by atoms with Crippen LogP contribution in [0.15, 0.2) is 18.5 Å². The van der Waals surface area contributed by atoms with Crippen molar-refractivity contribution in [2.75, 3.05) is 6.54 Å². The van der Waals surface area contributed by atoms with Gasteiger partial charge in [-0.15, -0.1) is 0 Å². The van der Waals surface area contributed by atoms with Gasteiger partial charge in [0, 0.05) is 12.2 Å². The van der Waals surface area contributed by atoms with Gasteiger partial charge >= 0.3 is 0 Å². The van der Waals surface area contributed by atoms with Gasteiger partial charge in [0.05, 0.1) is 6.20 Å². The quantitative estimate of drug-likeness (QED) is 0.850. The van der Waals surface area contributed by atoms with Crippen LogP contribution in [0.1, 0.15) is 69.9 Å². The molecule has 1 aromatic heterocycles. The second kappa shape index (κ2) is 8.35. The van der Waals surface area contributed by atoms with Crippen LogP contribution in [0.3, 0.4) is 0 Å². The summed E-state index contributed by atoms with van der Waals surface area (Å²) in [6.07, 6.45) is 13.4.